The van der Waals surface area contributed by atoms with Gasteiger partial charge in [-0.2, -0.15) is 0 Å². The molecule has 1 N–H and O–H groups in total. The van der Waals surface area contributed by atoms with Gasteiger partial charge in [0.25, 0.3) is 0 Å². The summed E-state index contributed by atoms with van der Waals surface area (Å²) in [4.78, 5) is 0. The first-order valence-electron chi connectivity index (χ1n) is 4.07. The van der Waals surface area contributed by atoms with E-state index in [-0.39, 0.29) is 6.61 Å². The highest BCUT2D eigenvalue weighted by Gasteiger charge is 1.88. The second-order valence-electron chi connectivity index (χ2n) is 3.06. The number of rotatable bonds is 2. The highest BCUT2D eigenvalue weighted by atomic mass is 16.3. The van der Waals surface area contributed by atoms with Gasteiger partial charge in [0.05, 0.1) is 6.61 Å². The van der Waals surface area contributed by atoms with Crippen LogP contribution in [0, 0.1) is 6.92 Å². The average Bonchev–Trinajstić information content (AvgIpc) is 2.09. The molecule has 0 heterocycles. The van der Waals surface area contributed by atoms with E-state index in [9.17, 15) is 0 Å². The van der Waals surface area contributed by atoms with E-state index in [4.69, 9.17) is 5.11 Å². The summed E-state index contributed by atoms with van der Waals surface area (Å²) in [7, 11) is 0. The molecule has 0 unspecified atom stereocenters. The number of hydrogen-bond acceptors (Lipinski definition) is 1. The summed E-state index contributed by atoms with van der Waals surface area (Å²) in [5.74, 6) is 0. The SMILES string of the molecule is C/C(=C/c1ccc(C)cc1)CO. The van der Waals surface area contributed by atoms with Crippen LogP contribution >= 0.6 is 0 Å². The standard InChI is InChI=1S/C11H14O/c1-9-3-5-11(6-4-9)7-10(2)8-12/h3-7,12H,8H2,1-2H3/b10-7-. The molecule has 0 saturated heterocycles. The van der Waals surface area contributed by atoms with Crippen molar-refractivity contribution in [2.75, 3.05) is 6.61 Å². The average molecular weight is 162 g/mol. The largest absolute Gasteiger partial charge is 0.392 e. The zero-order valence-electron chi connectivity index (χ0n) is 7.54. The molecule has 1 nitrogen and oxygen atoms in total. The van der Waals surface area contributed by atoms with Crippen LogP contribution in [0.15, 0.2) is 29.8 Å². The first kappa shape index (κ1) is 9.01. The predicted octanol–water partition coefficient (Wildman–Crippen LogP) is 2.39. The van der Waals surface area contributed by atoms with E-state index in [0.717, 1.165) is 11.1 Å². The number of aliphatic hydroxyl groups excluding tert-OH is 1. The monoisotopic (exact) mass is 162 g/mol. The topological polar surface area (TPSA) is 20.2 Å². The molecule has 0 atom stereocenters. The van der Waals surface area contributed by atoms with Gasteiger partial charge in [-0.1, -0.05) is 35.9 Å². The third kappa shape index (κ3) is 2.51. The Kier molecular flexibility index (Phi) is 3.06. The summed E-state index contributed by atoms with van der Waals surface area (Å²) < 4.78 is 0. The third-order valence-electron chi connectivity index (χ3n) is 1.74. The fraction of sp³-hybridized carbons (Fsp3) is 0.273. The van der Waals surface area contributed by atoms with Crippen LogP contribution in [0.25, 0.3) is 6.08 Å². The third-order valence-corrected chi connectivity index (χ3v) is 1.74. The van der Waals surface area contributed by atoms with Crippen molar-refractivity contribution in [3.63, 3.8) is 0 Å². The van der Waals surface area contributed by atoms with E-state index in [2.05, 4.69) is 31.2 Å². The normalized spacial score (nSPS) is 11.8. The first-order chi connectivity index (χ1) is 5.72. The molecule has 0 amide bonds. The summed E-state index contributed by atoms with van der Waals surface area (Å²) in [6.07, 6.45) is 1.99. The lowest BCUT2D eigenvalue weighted by molar-refractivity contribution is 0.332. The maximum absolute atomic E-state index is 8.78. The molecule has 1 aromatic rings. The van der Waals surface area contributed by atoms with Crippen molar-refractivity contribution in [1.29, 1.82) is 0 Å². The second kappa shape index (κ2) is 4.07. The lowest BCUT2D eigenvalue weighted by Gasteiger charge is -1.97. The van der Waals surface area contributed by atoms with Gasteiger partial charge in [0, 0.05) is 0 Å². The van der Waals surface area contributed by atoms with Crippen molar-refractivity contribution in [3.8, 4) is 0 Å². The van der Waals surface area contributed by atoms with Crippen molar-refractivity contribution in [1.82, 2.24) is 0 Å². The van der Waals surface area contributed by atoms with Crippen LogP contribution < -0.4 is 0 Å². The van der Waals surface area contributed by atoms with E-state index in [1.165, 1.54) is 5.56 Å². The van der Waals surface area contributed by atoms with Crippen molar-refractivity contribution >= 4 is 6.08 Å². The quantitative estimate of drug-likeness (QED) is 0.708. The molecule has 0 bridgehead atoms. The first-order valence-corrected chi connectivity index (χ1v) is 4.07. The van der Waals surface area contributed by atoms with Gasteiger partial charge in [0.1, 0.15) is 0 Å². The molecule has 0 saturated carbocycles. The minimum absolute atomic E-state index is 0.133. The van der Waals surface area contributed by atoms with Gasteiger partial charge in [-0.05, 0) is 25.0 Å². The van der Waals surface area contributed by atoms with E-state index >= 15 is 0 Å². The van der Waals surface area contributed by atoms with Crippen LogP contribution in [-0.4, -0.2) is 11.7 Å². The molecule has 0 fully saturated rings. The zero-order chi connectivity index (χ0) is 8.97. The van der Waals surface area contributed by atoms with Crippen LogP contribution in [0.2, 0.25) is 0 Å². The fourth-order valence-electron chi connectivity index (χ4n) is 0.993. The molecule has 12 heavy (non-hydrogen) atoms. The van der Waals surface area contributed by atoms with Gasteiger partial charge >= 0.3 is 0 Å². The summed E-state index contributed by atoms with van der Waals surface area (Å²) in [6.45, 7) is 4.11. The number of benzene rings is 1. The van der Waals surface area contributed by atoms with Gasteiger partial charge in [-0.25, -0.2) is 0 Å². The molecule has 0 aliphatic heterocycles. The van der Waals surface area contributed by atoms with Gasteiger partial charge in [0.15, 0.2) is 0 Å². The Morgan fingerprint density at radius 3 is 2.42 bits per heavy atom. The highest BCUT2D eigenvalue weighted by Crippen LogP contribution is 2.07. The van der Waals surface area contributed by atoms with Gasteiger partial charge < -0.3 is 5.11 Å². The van der Waals surface area contributed by atoms with Crippen LogP contribution in [0.5, 0.6) is 0 Å². The van der Waals surface area contributed by atoms with Gasteiger partial charge in [0.2, 0.25) is 0 Å². The summed E-state index contributed by atoms with van der Waals surface area (Å²) in [5, 5.41) is 8.78. The maximum Gasteiger partial charge on any atom is 0.0642 e. The Bertz CT molecular complexity index is 270. The van der Waals surface area contributed by atoms with Crippen LogP contribution in [0.4, 0.5) is 0 Å². The van der Waals surface area contributed by atoms with Crippen molar-refractivity contribution in [3.05, 3.63) is 41.0 Å². The minimum atomic E-state index is 0.133. The Morgan fingerprint density at radius 2 is 1.92 bits per heavy atom. The Morgan fingerprint density at radius 1 is 1.33 bits per heavy atom. The number of aliphatic hydroxyl groups is 1. The van der Waals surface area contributed by atoms with Crippen molar-refractivity contribution < 1.29 is 5.11 Å². The molecule has 0 aromatic heterocycles. The van der Waals surface area contributed by atoms with Gasteiger partial charge in [-0.3, -0.25) is 0 Å². The van der Waals surface area contributed by atoms with Crippen LogP contribution in [-0.2, 0) is 0 Å². The lowest BCUT2D eigenvalue weighted by atomic mass is 10.1. The molecular formula is C11H14O. The van der Waals surface area contributed by atoms with E-state index in [1.54, 1.807) is 0 Å². The number of aryl methyl sites for hydroxylation is 1. The Balaban J connectivity index is 2.84. The summed E-state index contributed by atoms with van der Waals surface area (Å²) in [6, 6.07) is 8.23. The molecule has 0 aliphatic rings. The van der Waals surface area contributed by atoms with E-state index in [0.29, 0.717) is 0 Å². The number of hydrogen-bond donors (Lipinski definition) is 1. The predicted molar refractivity (Wildman–Crippen MR) is 51.9 cm³/mol. The zero-order valence-corrected chi connectivity index (χ0v) is 7.54. The molecule has 1 rings (SSSR count). The Hall–Kier alpha value is -1.08. The highest BCUT2D eigenvalue weighted by molar-refractivity contribution is 5.52. The van der Waals surface area contributed by atoms with Gasteiger partial charge in [-0.15, -0.1) is 0 Å². The molecule has 64 valence electrons. The van der Waals surface area contributed by atoms with Crippen molar-refractivity contribution in [2.24, 2.45) is 0 Å². The minimum Gasteiger partial charge on any atom is -0.392 e. The molecule has 0 aliphatic carbocycles. The second-order valence-corrected chi connectivity index (χ2v) is 3.06. The summed E-state index contributed by atoms with van der Waals surface area (Å²) in [5.41, 5.74) is 3.39. The van der Waals surface area contributed by atoms with E-state index < -0.39 is 0 Å². The maximum atomic E-state index is 8.78. The van der Waals surface area contributed by atoms with E-state index in [1.807, 2.05) is 13.0 Å². The van der Waals surface area contributed by atoms with Crippen LogP contribution in [0.3, 0.4) is 0 Å². The van der Waals surface area contributed by atoms with Crippen molar-refractivity contribution in [2.45, 2.75) is 13.8 Å². The van der Waals surface area contributed by atoms with Crippen LogP contribution in [0.1, 0.15) is 18.1 Å². The molecule has 0 radical (unpaired) electrons. The fourth-order valence-corrected chi connectivity index (χ4v) is 0.993. The lowest BCUT2D eigenvalue weighted by Crippen LogP contribution is -1.83. The summed E-state index contributed by atoms with van der Waals surface area (Å²) >= 11 is 0. The molecule has 0 spiro atoms. The molecule has 1 heteroatoms. The molecule has 1 aromatic carbocycles. The molecular weight excluding hydrogens is 148 g/mol. The Labute approximate surface area is 73.4 Å². The smallest absolute Gasteiger partial charge is 0.0642 e.